The predicted molar refractivity (Wildman–Crippen MR) is 98.6 cm³/mol. The molecule has 0 radical (unpaired) electrons. The van der Waals surface area contributed by atoms with E-state index in [-0.39, 0.29) is 5.91 Å². The minimum atomic E-state index is -0.115. The number of pyridine rings is 1. The second-order valence-corrected chi connectivity index (χ2v) is 6.64. The zero-order chi connectivity index (χ0) is 17.2. The van der Waals surface area contributed by atoms with Crippen molar-refractivity contribution in [3.05, 3.63) is 77.2 Å². The molecule has 0 bridgehead atoms. The number of nitrogens with one attached hydrogen (secondary N) is 1. The molecule has 0 aliphatic carbocycles. The highest BCUT2D eigenvalue weighted by Gasteiger charge is 2.15. The van der Waals surface area contributed by atoms with Crippen LogP contribution in [0.1, 0.15) is 21.6 Å². The number of hydrogen-bond acceptors (Lipinski definition) is 4. The molecule has 3 heterocycles. The number of benzene rings is 1. The first kappa shape index (κ1) is 15.5. The van der Waals surface area contributed by atoms with E-state index in [9.17, 15) is 4.79 Å². The highest BCUT2D eigenvalue weighted by atomic mass is 32.1. The average Bonchev–Trinajstić information content (AvgIpc) is 3.22. The molecule has 5 nitrogen and oxygen atoms in total. The number of thiazole rings is 1. The van der Waals surface area contributed by atoms with Crippen LogP contribution in [0.4, 0.5) is 0 Å². The Kier molecular flexibility index (Phi) is 4.03. The predicted octanol–water partition coefficient (Wildman–Crippen LogP) is 3.70. The van der Waals surface area contributed by atoms with E-state index in [2.05, 4.69) is 34.3 Å². The molecule has 6 heteroatoms. The Balaban J connectivity index is 1.57. The summed E-state index contributed by atoms with van der Waals surface area (Å²) in [6.45, 7) is 2.53. The fraction of sp³-hybridized carbons (Fsp3) is 0.105. The SMILES string of the molecule is Cc1ccc(-c2cn3c(C(=O)NCc4ccncc4)csc3n2)cc1. The number of nitrogens with zero attached hydrogens (tertiary/aromatic N) is 3. The summed E-state index contributed by atoms with van der Waals surface area (Å²) in [6, 6.07) is 12.0. The van der Waals surface area contributed by atoms with E-state index in [0.717, 1.165) is 21.8 Å². The molecule has 1 N–H and O–H groups in total. The van der Waals surface area contributed by atoms with Gasteiger partial charge in [-0.1, -0.05) is 29.8 Å². The highest BCUT2D eigenvalue weighted by molar-refractivity contribution is 7.15. The first-order valence-electron chi connectivity index (χ1n) is 7.91. The molecular formula is C19H16N4OS. The minimum absolute atomic E-state index is 0.115. The molecule has 0 spiro atoms. The Morgan fingerprint density at radius 3 is 2.68 bits per heavy atom. The van der Waals surface area contributed by atoms with Crippen LogP contribution in [-0.4, -0.2) is 20.3 Å². The highest BCUT2D eigenvalue weighted by Crippen LogP contribution is 2.24. The summed E-state index contributed by atoms with van der Waals surface area (Å²) in [5.41, 5.74) is 4.74. The molecule has 124 valence electrons. The lowest BCUT2D eigenvalue weighted by Gasteiger charge is -2.04. The quantitative estimate of drug-likeness (QED) is 0.612. The zero-order valence-corrected chi connectivity index (χ0v) is 14.5. The molecule has 4 rings (SSSR count). The van der Waals surface area contributed by atoms with Gasteiger partial charge in [0.15, 0.2) is 4.96 Å². The van der Waals surface area contributed by atoms with E-state index in [0.29, 0.717) is 12.2 Å². The number of fused-ring (bicyclic) bond motifs is 1. The molecular weight excluding hydrogens is 332 g/mol. The van der Waals surface area contributed by atoms with Crippen LogP contribution in [0, 0.1) is 6.92 Å². The molecule has 0 unspecified atom stereocenters. The molecule has 1 aromatic carbocycles. The summed E-state index contributed by atoms with van der Waals surface area (Å²) in [7, 11) is 0. The van der Waals surface area contributed by atoms with Crippen LogP contribution in [0.5, 0.6) is 0 Å². The molecule has 0 fully saturated rings. The van der Waals surface area contributed by atoms with Gasteiger partial charge < -0.3 is 5.32 Å². The molecule has 0 aliphatic heterocycles. The third kappa shape index (κ3) is 3.16. The molecule has 0 saturated carbocycles. The van der Waals surface area contributed by atoms with Gasteiger partial charge >= 0.3 is 0 Å². The number of rotatable bonds is 4. The van der Waals surface area contributed by atoms with Gasteiger partial charge in [0.2, 0.25) is 0 Å². The zero-order valence-electron chi connectivity index (χ0n) is 13.6. The van der Waals surface area contributed by atoms with E-state index >= 15 is 0 Å². The van der Waals surface area contributed by atoms with Gasteiger partial charge in [0.1, 0.15) is 5.69 Å². The van der Waals surface area contributed by atoms with Gasteiger partial charge in [-0.05, 0) is 24.6 Å². The maximum atomic E-state index is 12.5. The maximum Gasteiger partial charge on any atom is 0.269 e. The Hall–Kier alpha value is -2.99. The van der Waals surface area contributed by atoms with Crippen molar-refractivity contribution < 1.29 is 4.79 Å². The maximum absolute atomic E-state index is 12.5. The Bertz CT molecular complexity index is 1020. The van der Waals surface area contributed by atoms with Crippen molar-refractivity contribution in [3.8, 4) is 11.3 Å². The molecule has 0 atom stereocenters. The van der Waals surface area contributed by atoms with Crippen molar-refractivity contribution >= 4 is 22.2 Å². The lowest BCUT2D eigenvalue weighted by Crippen LogP contribution is -2.23. The number of aryl methyl sites for hydroxylation is 1. The van der Waals surface area contributed by atoms with Crippen molar-refractivity contribution in [1.82, 2.24) is 19.7 Å². The van der Waals surface area contributed by atoms with Gasteiger partial charge in [-0.3, -0.25) is 14.2 Å². The van der Waals surface area contributed by atoms with E-state index < -0.39 is 0 Å². The van der Waals surface area contributed by atoms with Crippen LogP contribution in [-0.2, 0) is 6.54 Å². The molecule has 25 heavy (non-hydrogen) atoms. The first-order valence-corrected chi connectivity index (χ1v) is 8.79. The Morgan fingerprint density at radius 2 is 1.92 bits per heavy atom. The van der Waals surface area contributed by atoms with Crippen LogP contribution in [0.2, 0.25) is 0 Å². The molecule has 4 aromatic rings. The van der Waals surface area contributed by atoms with Gasteiger partial charge in [-0.2, -0.15) is 0 Å². The minimum Gasteiger partial charge on any atom is -0.347 e. The molecule has 3 aromatic heterocycles. The van der Waals surface area contributed by atoms with Crippen molar-refractivity contribution in [2.24, 2.45) is 0 Å². The third-order valence-corrected chi connectivity index (χ3v) is 4.83. The fourth-order valence-corrected chi connectivity index (χ4v) is 3.44. The first-order chi connectivity index (χ1) is 12.2. The third-order valence-electron chi connectivity index (χ3n) is 3.99. The largest absolute Gasteiger partial charge is 0.347 e. The van der Waals surface area contributed by atoms with Crippen LogP contribution in [0.3, 0.4) is 0 Å². The van der Waals surface area contributed by atoms with Crippen LogP contribution in [0.15, 0.2) is 60.4 Å². The molecule has 1 amide bonds. The number of imidazole rings is 1. The van der Waals surface area contributed by atoms with Crippen molar-refractivity contribution in [1.29, 1.82) is 0 Å². The Morgan fingerprint density at radius 1 is 1.16 bits per heavy atom. The van der Waals surface area contributed by atoms with E-state index in [4.69, 9.17) is 0 Å². The lowest BCUT2D eigenvalue weighted by atomic mass is 10.1. The fourth-order valence-electron chi connectivity index (χ4n) is 2.58. The number of hydrogen-bond donors (Lipinski definition) is 1. The monoisotopic (exact) mass is 348 g/mol. The normalized spacial score (nSPS) is 10.9. The number of carbonyl (C=O) groups excluding carboxylic acids is 1. The summed E-state index contributed by atoms with van der Waals surface area (Å²) in [5, 5.41) is 4.78. The smallest absolute Gasteiger partial charge is 0.269 e. The van der Waals surface area contributed by atoms with Gasteiger partial charge in [-0.15, -0.1) is 11.3 Å². The van der Waals surface area contributed by atoms with Crippen molar-refractivity contribution in [2.45, 2.75) is 13.5 Å². The van der Waals surface area contributed by atoms with Crippen molar-refractivity contribution in [2.75, 3.05) is 0 Å². The van der Waals surface area contributed by atoms with Crippen LogP contribution < -0.4 is 5.32 Å². The standard InChI is InChI=1S/C19H16N4OS/c1-13-2-4-15(5-3-13)16-11-23-17(12-25-19(23)22-16)18(24)21-10-14-6-8-20-9-7-14/h2-9,11-12H,10H2,1H3,(H,21,24). The van der Waals surface area contributed by atoms with E-state index in [1.807, 2.05) is 40.2 Å². The number of carbonyl (C=O) groups is 1. The summed E-state index contributed by atoms with van der Waals surface area (Å²) in [4.78, 5) is 21.9. The summed E-state index contributed by atoms with van der Waals surface area (Å²) in [6.07, 6.45) is 5.35. The summed E-state index contributed by atoms with van der Waals surface area (Å²) in [5.74, 6) is -0.115. The van der Waals surface area contributed by atoms with E-state index in [1.54, 1.807) is 12.4 Å². The second kappa shape index (κ2) is 6.49. The number of aromatic nitrogens is 3. The molecule has 0 aliphatic rings. The second-order valence-electron chi connectivity index (χ2n) is 5.80. The lowest BCUT2D eigenvalue weighted by molar-refractivity contribution is 0.0945. The van der Waals surface area contributed by atoms with Crippen LogP contribution >= 0.6 is 11.3 Å². The summed E-state index contributed by atoms with van der Waals surface area (Å²) < 4.78 is 1.85. The Labute approximate surface area is 149 Å². The van der Waals surface area contributed by atoms with Crippen LogP contribution in [0.25, 0.3) is 16.2 Å². The number of amides is 1. The average molecular weight is 348 g/mol. The molecule has 0 saturated heterocycles. The van der Waals surface area contributed by atoms with Gasteiger partial charge in [0, 0.05) is 36.1 Å². The topological polar surface area (TPSA) is 59.3 Å². The van der Waals surface area contributed by atoms with Gasteiger partial charge in [0.25, 0.3) is 5.91 Å². The summed E-state index contributed by atoms with van der Waals surface area (Å²) >= 11 is 1.46. The van der Waals surface area contributed by atoms with Gasteiger partial charge in [-0.25, -0.2) is 4.98 Å². The van der Waals surface area contributed by atoms with Gasteiger partial charge in [0.05, 0.1) is 5.69 Å². The van der Waals surface area contributed by atoms with E-state index in [1.165, 1.54) is 16.9 Å². The van der Waals surface area contributed by atoms with Crippen molar-refractivity contribution in [3.63, 3.8) is 0 Å².